The van der Waals surface area contributed by atoms with Crippen molar-refractivity contribution in [3.05, 3.63) is 117 Å². The van der Waals surface area contributed by atoms with Gasteiger partial charge in [-0.2, -0.15) is 13.2 Å². The zero-order valence-corrected chi connectivity index (χ0v) is 31.1. The van der Waals surface area contributed by atoms with Crippen molar-refractivity contribution in [1.29, 1.82) is 0 Å². The molecule has 0 aliphatic carbocycles. The van der Waals surface area contributed by atoms with Gasteiger partial charge < -0.3 is 19.5 Å². The van der Waals surface area contributed by atoms with Gasteiger partial charge in [0.15, 0.2) is 0 Å². The van der Waals surface area contributed by atoms with Crippen molar-refractivity contribution in [3.8, 4) is 11.1 Å². The van der Waals surface area contributed by atoms with Crippen molar-refractivity contribution in [1.82, 2.24) is 14.8 Å². The maximum Gasteiger partial charge on any atom is 0.416 e. The number of unbranched alkanes of at least 4 members (excludes halogenated alkanes) is 2. The second-order valence-corrected chi connectivity index (χ2v) is 13.5. The summed E-state index contributed by atoms with van der Waals surface area (Å²) in [5.41, 5.74) is 2.86. The molecule has 0 aliphatic rings. The number of hydrogen-bond acceptors (Lipinski definition) is 5. The molecule has 1 N–H and O–H groups in total. The van der Waals surface area contributed by atoms with Gasteiger partial charge in [0.2, 0.25) is 5.91 Å². The number of benzene rings is 2. The Kier molecular flexibility index (Phi) is 15.2. The largest absolute Gasteiger partial charge is 0.466 e. The number of carbonyl (C=O) groups is 2. The lowest BCUT2D eigenvalue weighted by Gasteiger charge is -2.26. The van der Waals surface area contributed by atoms with Gasteiger partial charge in [0.1, 0.15) is 11.9 Å². The zero-order valence-electron chi connectivity index (χ0n) is 31.1. The summed E-state index contributed by atoms with van der Waals surface area (Å²) in [6, 6.07) is 5.44. The Hall–Kier alpha value is -4.51. The van der Waals surface area contributed by atoms with E-state index in [4.69, 9.17) is 4.74 Å². The summed E-state index contributed by atoms with van der Waals surface area (Å²) < 4.78 is 64.3. The standard InChI is InChI=1S/C41H51F4N3O4/c1-9-12-13-14-16-29-20-26(4)19-27(5)38(29)31-21-28(6)39(42)32(22-31)34(24-37(50)52-11-3)46-40(51)35(15-10-2)48-25-30(17-18-47(7)8)33(23-36(48)49)41(43,44)45/h9-10,19-23,25,34-35H,1-2,11-18,24H2,3-8H3,(H,46,51)/t34-,35-/m0/s1. The number of hydrogen-bond donors (Lipinski definition) is 1. The van der Waals surface area contributed by atoms with E-state index >= 15 is 4.39 Å². The van der Waals surface area contributed by atoms with Crippen molar-refractivity contribution >= 4 is 11.9 Å². The number of pyridine rings is 1. The van der Waals surface area contributed by atoms with Crippen LogP contribution < -0.4 is 10.9 Å². The highest BCUT2D eigenvalue weighted by Crippen LogP contribution is 2.36. The van der Waals surface area contributed by atoms with E-state index in [1.165, 1.54) is 6.08 Å². The Bertz CT molecular complexity index is 1810. The van der Waals surface area contributed by atoms with Crippen LogP contribution in [0.25, 0.3) is 11.1 Å². The Morgan fingerprint density at radius 1 is 0.981 bits per heavy atom. The van der Waals surface area contributed by atoms with Gasteiger partial charge in [0.05, 0.1) is 24.6 Å². The maximum atomic E-state index is 16.2. The Morgan fingerprint density at radius 3 is 2.31 bits per heavy atom. The molecule has 0 bridgehead atoms. The molecular formula is C41H51F4N3O4. The second-order valence-electron chi connectivity index (χ2n) is 13.5. The third-order valence-corrected chi connectivity index (χ3v) is 8.93. The number of esters is 1. The van der Waals surface area contributed by atoms with Gasteiger partial charge in [0, 0.05) is 24.4 Å². The highest BCUT2D eigenvalue weighted by atomic mass is 19.4. The number of rotatable bonds is 18. The average Bonchev–Trinajstić information content (AvgIpc) is 3.05. The van der Waals surface area contributed by atoms with Crippen LogP contribution in [0.15, 0.2) is 66.6 Å². The SMILES string of the molecule is C=CCCCCc1cc(C)cc(C)c1-c1cc(C)c(F)c([C@H](CC(=O)OCC)NC(=O)[C@H](CC=C)n2cc(CCN(C)C)c(C(F)(F)F)cc2=O)c1. The molecular weight excluding hydrogens is 674 g/mol. The molecule has 0 radical (unpaired) electrons. The van der Waals surface area contributed by atoms with Gasteiger partial charge in [-0.15, -0.1) is 13.2 Å². The average molecular weight is 726 g/mol. The number of nitrogens with one attached hydrogen (secondary N) is 1. The second kappa shape index (κ2) is 18.8. The fraction of sp³-hybridized carbons (Fsp3) is 0.439. The smallest absolute Gasteiger partial charge is 0.416 e. The maximum absolute atomic E-state index is 16.2. The molecule has 3 aromatic rings. The first-order valence-corrected chi connectivity index (χ1v) is 17.6. The molecule has 11 heteroatoms. The predicted molar refractivity (Wildman–Crippen MR) is 198 cm³/mol. The van der Waals surface area contributed by atoms with E-state index in [2.05, 4.69) is 24.5 Å². The van der Waals surface area contributed by atoms with Gasteiger partial charge in [0.25, 0.3) is 5.56 Å². The summed E-state index contributed by atoms with van der Waals surface area (Å²) in [7, 11) is 3.42. The van der Waals surface area contributed by atoms with Crippen LogP contribution in [0.1, 0.15) is 90.1 Å². The van der Waals surface area contributed by atoms with Crippen LogP contribution in [0.5, 0.6) is 0 Å². The lowest BCUT2D eigenvalue weighted by atomic mass is 9.87. The summed E-state index contributed by atoms with van der Waals surface area (Å²) in [5, 5.41) is 2.75. The van der Waals surface area contributed by atoms with Crippen LogP contribution >= 0.6 is 0 Å². The molecule has 3 rings (SSSR count). The lowest BCUT2D eigenvalue weighted by Crippen LogP contribution is -2.40. The van der Waals surface area contributed by atoms with Gasteiger partial charge in [-0.05, 0) is 126 Å². The molecule has 52 heavy (non-hydrogen) atoms. The summed E-state index contributed by atoms with van der Waals surface area (Å²) in [6.45, 7) is 15.0. The number of ether oxygens (including phenoxy) is 1. The number of halogens is 4. The molecule has 0 unspecified atom stereocenters. The van der Waals surface area contributed by atoms with Gasteiger partial charge >= 0.3 is 12.1 Å². The fourth-order valence-corrected chi connectivity index (χ4v) is 6.51. The van der Waals surface area contributed by atoms with Crippen LogP contribution in [-0.4, -0.2) is 48.6 Å². The minimum atomic E-state index is -4.79. The van der Waals surface area contributed by atoms with Crippen LogP contribution in [0, 0.1) is 26.6 Å². The van der Waals surface area contributed by atoms with Crippen molar-refractivity contribution in [3.63, 3.8) is 0 Å². The molecule has 0 fully saturated rings. The van der Waals surface area contributed by atoms with Gasteiger partial charge in [-0.25, -0.2) is 4.39 Å². The Balaban J connectivity index is 2.17. The molecule has 1 amide bonds. The monoisotopic (exact) mass is 725 g/mol. The highest BCUT2D eigenvalue weighted by molar-refractivity contribution is 5.82. The summed E-state index contributed by atoms with van der Waals surface area (Å²) in [5.74, 6) is -2.12. The van der Waals surface area contributed by atoms with Crippen LogP contribution in [0.3, 0.4) is 0 Å². The van der Waals surface area contributed by atoms with Gasteiger partial charge in [-0.1, -0.05) is 29.8 Å². The number of amides is 1. The number of aryl methyl sites for hydroxylation is 4. The molecule has 0 saturated heterocycles. The number of likely N-dealkylation sites (N-methyl/N-ethyl adjacent to an activating group) is 1. The van der Waals surface area contributed by atoms with Crippen molar-refractivity contribution in [2.24, 2.45) is 0 Å². The molecule has 2 atom stereocenters. The quantitative estimate of drug-likeness (QED) is 0.0616. The van der Waals surface area contributed by atoms with Crippen molar-refractivity contribution in [2.75, 3.05) is 27.2 Å². The molecule has 0 aliphatic heterocycles. The molecule has 282 valence electrons. The van der Waals surface area contributed by atoms with Crippen molar-refractivity contribution in [2.45, 2.75) is 90.9 Å². The van der Waals surface area contributed by atoms with E-state index in [1.807, 2.05) is 26.0 Å². The molecule has 2 aromatic carbocycles. The fourth-order valence-electron chi connectivity index (χ4n) is 6.51. The molecule has 0 saturated carbocycles. The normalized spacial score (nSPS) is 12.8. The predicted octanol–water partition coefficient (Wildman–Crippen LogP) is 8.53. The topological polar surface area (TPSA) is 80.6 Å². The molecule has 7 nitrogen and oxygen atoms in total. The van der Waals surface area contributed by atoms with E-state index < -0.39 is 53.5 Å². The van der Waals surface area contributed by atoms with E-state index in [9.17, 15) is 27.6 Å². The molecule has 0 spiro atoms. The van der Waals surface area contributed by atoms with Crippen molar-refractivity contribution < 1.29 is 31.9 Å². The molecule has 1 aromatic heterocycles. The first-order chi connectivity index (χ1) is 24.5. The summed E-state index contributed by atoms with van der Waals surface area (Å²) in [6.07, 6.45) is 2.47. The van der Waals surface area contributed by atoms with E-state index in [1.54, 1.807) is 45.0 Å². The number of alkyl halides is 3. The van der Waals surface area contributed by atoms with E-state index in [-0.39, 0.29) is 37.1 Å². The number of nitrogens with zero attached hydrogens (tertiary/aromatic N) is 2. The van der Waals surface area contributed by atoms with Crippen LogP contribution in [0.2, 0.25) is 0 Å². The summed E-state index contributed by atoms with van der Waals surface area (Å²) in [4.78, 5) is 41.9. The van der Waals surface area contributed by atoms with E-state index in [0.29, 0.717) is 17.2 Å². The highest BCUT2D eigenvalue weighted by Gasteiger charge is 2.36. The Labute approximate surface area is 304 Å². The number of aromatic nitrogens is 1. The zero-order chi connectivity index (χ0) is 38.7. The lowest BCUT2D eigenvalue weighted by molar-refractivity contribution is -0.144. The third kappa shape index (κ3) is 11.0. The number of carbonyl (C=O) groups excluding carboxylic acids is 2. The third-order valence-electron chi connectivity index (χ3n) is 8.93. The Morgan fingerprint density at radius 2 is 1.69 bits per heavy atom. The van der Waals surface area contributed by atoms with Gasteiger partial charge in [-0.3, -0.25) is 14.4 Å². The minimum Gasteiger partial charge on any atom is -0.466 e. The summed E-state index contributed by atoms with van der Waals surface area (Å²) >= 11 is 0. The van der Waals surface area contributed by atoms with Crippen LogP contribution in [0.4, 0.5) is 17.6 Å². The number of allylic oxidation sites excluding steroid dienone is 2. The van der Waals surface area contributed by atoms with Crippen LogP contribution in [-0.2, 0) is 33.3 Å². The first kappa shape index (κ1) is 41.9. The molecule has 1 heterocycles. The minimum absolute atomic E-state index is 0.0396. The first-order valence-electron chi connectivity index (χ1n) is 17.6. The van der Waals surface area contributed by atoms with E-state index in [0.717, 1.165) is 58.7 Å².